The maximum Gasteiger partial charge on any atom is 0.335 e. The van der Waals surface area contributed by atoms with E-state index >= 15 is 0 Å². The summed E-state index contributed by atoms with van der Waals surface area (Å²) in [6, 6.07) is 0. The lowest BCUT2D eigenvalue weighted by Crippen LogP contribution is -2.45. The molecule has 0 aromatic heterocycles. The summed E-state index contributed by atoms with van der Waals surface area (Å²) < 4.78 is 58.2. The van der Waals surface area contributed by atoms with Gasteiger partial charge in [0.05, 0.1) is 0 Å². The third-order valence-electron chi connectivity index (χ3n) is 10.7. The van der Waals surface area contributed by atoms with E-state index in [-0.39, 0.29) is 18.4 Å². The van der Waals surface area contributed by atoms with Gasteiger partial charge in [0, 0.05) is 11.1 Å². The van der Waals surface area contributed by atoms with Crippen molar-refractivity contribution in [1.82, 2.24) is 0 Å². The molecular weight excluding hydrogens is 460 g/mol. The Balaban J connectivity index is 1.18. The molecule has 4 aliphatic rings. The van der Waals surface area contributed by atoms with Crippen LogP contribution in [0.3, 0.4) is 0 Å². The molecule has 206 valence electrons. The highest BCUT2D eigenvalue weighted by atomic mass is 19.3. The van der Waals surface area contributed by atoms with E-state index in [9.17, 15) is 17.6 Å². The molecule has 0 aromatic rings. The largest absolute Gasteiger partial charge is 0.335 e. The summed E-state index contributed by atoms with van der Waals surface area (Å²) >= 11 is 0. The van der Waals surface area contributed by atoms with Crippen LogP contribution >= 0.6 is 0 Å². The molecule has 0 atom stereocenters. The second kappa shape index (κ2) is 12.4. The first-order valence-corrected chi connectivity index (χ1v) is 15.4. The molecule has 0 nitrogen and oxygen atoms in total. The molecule has 0 radical (unpaired) electrons. The highest BCUT2D eigenvalue weighted by Crippen LogP contribution is 2.51. The molecule has 3 saturated carbocycles. The zero-order valence-electron chi connectivity index (χ0n) is 22.9. The zero-order valence-corrected chi connectivity index (χ0v) is 22.9. The third kappa shape index (κ3) is 6.25. The molecule has 0 amide bonds. The van der Waals surface area contributed by atoms with E-state index < -0.39 is 17.4 Å². The second-order valence-corrected chi connectivity index (χ2v) is 12.8. The average Bonchev–Trinajstić information content (AvgIpc) is 2.88. The fourth-order valence-electron chi connectivity index (χ4n) is 8.32. The van der Waals surface area contributed by atoms with Crippen LogP contribution in [0.4, 0.5) is 17.6 Å². The van der Waals surface area contributed by atoms with Crippen LogP contribution in [0, 0.1) is 35.5 Å². The molecule has 0 heterocycles. The Morgan fingerprint density at radius 3 is 1.28 bits per heavy atom. The minimum Gasteiger partial charge on any atom is -0.194 e. The molecule has 3 fully saturated rings. The molecule has 0 unspecified atom stereocenters. The second-order valence-electron chi connectivity index (χ2n) is 12.8. The fraction of sp³-hybridized carbons (Fsp3) is 0.875. The molecule has 0 aliphatic heterocycles. The van der Waals surface area contributed by atoms with Crippen molar-refractivity contribution in [3.63, 3.8) is 0 Å². The number of hydrogen-bond donors (Lipinski definition) is 0. The number of allylic oxidation sites excluding steroid dienone is 4. The molecular formula is C32H50F4. The Morgan fingerprint density at radius 1 is 0.528 bits per heavy atom. The van der Waals surface area contributed by atoms with Crippen molar-refractivity contribution >= 4 is 0 Å². The molecule has 4 heteroatoms. The Morgan fingerprint density at radius 2 is 0.889 bits per heavy atom. The monoisotopic (exact) mass is 510 g/mol. The third-order valence-corrected chi connectivity index (χ3v) is 10.7. The molecule has 0 bridgehead atoms. The van der Waals surface area contributed by atoms with Crippen molar-refractivity contribution in [3.8, 4) is 0 Å². The summed E-state index contributed by atoms with van der Waals surface area (Å²) in [7, 11) is 0. The van der Waals surface area contributed by atoms with E-state index in [0.29, 0.717) is 18.8 Å². The lowest BCUT2D eigenvalue weighted by Gasteiger charge is -2.41. The average molecular weight is 511 g/mol. The highest BCUT2D eigenvalue weighted by molar-refractivity contribution is 5.37. The Bertz CT molecular complexity index is 742. The maximum absolute atomic E-state index is 14.6. The number of halogens is 4. The van der Waals surface area contributed by atoms with Gasteiger partial charge in [0.1, 0.15) is 0 Å². The first-order chi connectivity index (χ1) is 17.3. The van der Waals surface area contributed by atoms with E-state index in [1.165, 1.54) is 89.2 Å². The van der Waals surface area contributed by atoms with Crippen LogP contribution in [0.2, 0.25) is 0 Å². The van der Waals surface area contributed by atoms with Gasteiger partial charge in [0.25, 0.3) is 0 Å². The molecule has 36 heavy (non-hydrogen) atoms. The van der Waals surface area contributed by atoms with Crippen LogP contribution in [0.25, 0.3) is 0 Å². The summed E-state index contributed by atoms with van der Waals surface area (Å²) in [6.45, 7) is 4.06. The summed E-state index contributed by atoms with van der Waals surface area (Å²) in [6.07, 6.45) is 22.5. The van der Waals surface area contributed by atoms with Crippen molar-refractivity contribution in [2.24, 2.45) is 35.5 Å². The summed E-state index contributed by atoms with van der Waals surface area (Å²) in [5.41, 5.74) is -0.783. The van der Waals surface area contributed by atoms with Gasteiger partial charge in [-0.3, -0.25) is 0 Å². The standard InChI is InChI=1S/C32H50F4/c1-3-5-23-7-12-25(13-8-23)27-16-18-28(19-17-27)26-14-9-24(10-15-26)11-20-30-22-21-29(6-4-2)31(33,34)32(30,35)36/h21-28H,3-20H2,1-2H3. The first-order valence-electron chi connectivity index (χ1n) is 15.4. The van der Waals surface area contributed by atoms with Crippen molar-refractivity contribution in [2.45, 2.75) is 141 Å². The van der Waals surface area contributed by atoms with Gasteiger partial charge in [0.2, 0.25) is 0 Å². The van der Waals surface area contributed by atoms with Gasteiger partial charge in [-0.05, 0) is 106 Å². The van der Waals surface area contributed by atoms with Crippen LogP contribution in [-0.4, -0.2) is 11.8 Å². The minimum absolute atomic E-state index is 0.0262. The van der Waals surface area contributed by atoms with E-state index in [2.05, 4.69) is 6.92 Å². The van der Waals surface area contributed by atoms with E-state index in [1.807, 2.05) is 0 Å². The Kier molecular flexibility index (Phi) is 9.70. The zero-order chi connectivity index (χ0) is 25.8. The molecule has 0 spiro atoms. The van der Waals surface area contributed by atoms with Crippen molar-refractivity contribution in [1.29, 1.82) is 0 Å². The van der Waals surface area contributed by atoms with Gasteiger partial charge in [-0.25, -0.2) is 0 Å². The summed E-state index contributed by atoms with van der Waals surface area (Å²) in [5, 5.41) is 0. The predicted octanol–water partition coefficient (Wildman–Crippen LogP) is 10.9. The van der Waals surface area contributed by atoms with Crippen LogP contribution in [0.15, 0.2) is 23.3 Å². The maximum atomic E-state index is 14.6. The first kappa shape index (κ1) is 28.2. The van der Waals surface area contributed by atoms with Gasteiger partial charge in [-0.15, -0.1) is 0 Å². The number of alkyl halides is 4. The van der Waals surface area contributed by atoms with Crippen LogP contribution in [0.1, 0.15) is 129 Å². The van der Waals surface area contributed by atoms with Gasteiger partial charge in [-0.1, -0.05) is 70.9 Å². The van der Waals surface area contributed by atoms with E-state index in [0.717, 1.165) is 42.4 Å². The van der Waals surface area contributed by atoms with Gasteiger partial charge in [-0.2, -0.15) is 17.6 Å². The van der Waals surface area contributed by atoms with Crippen LogP contribution < -0.4 is 0 Å². The highest BCUT2D eigenvalue weighted by Gasteiger charge is 2.61. The lowest BCUT2D eigenvalue weighted by molar-refractivity contribution is -0.166. The molecule has 4 rings (SSSR count). The smallest absolute Gasteiger partial charge is 0.194 e. The lowest BCUT2D eigenvalue weighted by atomic mass is 9.64. The number of hydrogen-bond acceptors (Lipinski definition) is 0. The van der Waals surface area contributed by atoms with Crippen molar-refractivity contribution in [3.05, 3.63) is 23.3 Å². The van der Waals surface area contributed by atoms with Crippen LogP contribution in [-0.2, 0) is 0 Å². The van der Waals surface area contributed by atoms with Crippen LogP contribution in [0.5, 0.6) is 0 Å². The SMILES string of the molecule is CCCC1=CC=C(CCC2CCC(C3CCC(C4CCC(CCC)CC4)CC3)CC2)C(F)(F)C1(F)F. The Hall–Kier alpha value is -0.800. The van der Waals surface area contributed by atoms with Gasteiger partial charge in [0.15, 0.2) is 0 Å². The minimum atomic E-state index is -4.04. The quantitative estimate of drug-likeness (QED) is 0.271. The summed E-state index contributed by atoms with van der Waals surface area (Å²) in [5.74, 6) is -3.12. The molecule has 0 aromatic carbocycles. The van der Waals surface area contributed by atoms with Crippen molar-refractivity contribution in [2.75, 3.05) is 0 Å². The van der Waals surface area contributed by atoms with Crippen molar-refractivity contribution < 1.29 is 17.6 Å². The predicted molar refractivity (Wildman–Crippen MR) is 141 cm³/mol. The molecule has 0 N–H and O–H groups in total. The Labute approximate surface area is 217 Å². The molecule has 4 aliphatic carbocycles. The molecule has 0 saturated heterocycles. The summed E-state index contributed by atoms with van der Waals surface area (Å²) in [4.78, 5) is 0. The van der Waals surface area contributed by atoms with E-state index in [1.54, 1.807) is 6.92 Å². The number of rotatable bonds is 9. The fourth-order valence-corrected chi connectivity index (χ4v) is 8.32. The normalized spacial score (nSPS) is 36.7. The van der Waals surface area contributed by atoms with E-state index in [4.69, 9.17) is 0 Å². The van der Waals surface area contributed by atoms with Gasteiger partial charge < -0.3 is 0 Å². The van der Waals surface area contributed by atoms with Gasteiger partial charge >= 0.3 is 11.8 Å². The topological polar surface area (TPSA) is 0 Å².